The maximum absolute atomic E-state index is 13.0. The molecule has 0 spiro atoms. The molecule has 1 amide bonds. The lowest BCUT2D eigenvalue weighted by atomic mass is 9.99. The van der Waals surface area contributed by atoms with Gasteiger partial charge in [-0.15, -0.1) is 0 Å². The molecule has 7 unspecified atom stereocenters. The quantitative estimate of drug-likeness (QED) is 0.0261. The fourth-order valence-corrected chi connectivity index (χ4v) is 9.01. The number of nitrogens with one attached hydrogen (secondary N) is 1. The molecule has 9 nitrogen and oxygen atoms in total. The lowest BCUT2D eigenvalue weighted by molar-refractivity contribution is -0.302. The Labute approximate surface area is 418 Å². The van der Waals surface area contributed by atoms with Crippen LogP contribution in [0.15, 0.2) is 48.6 Å². The Kier molecular flexibility index (Phi) is 46.0. The zero-order valence-electron chi connectivity index (χ0n) is 44.1. The van der Waals surface area contributed by atoms with Gasteiger partial charge in [0, 0.05) is 6.42 Å². The van der Waals surface area contributed by atoms with Gasteiger partial charge in [-0.1, -0.05) is 236 Å². The second-order valence-electron chi connectivity index (χ2n) is 20.1. The van der Waals surface area contributed by atoms with Crippen molar-refractivity contribution in [1.29, 1.82) is 0 Å². The Morgan fingerprint density at radius 1 is 0.485 bits per heavy atom. The van der Waals surface area contributed by atoms with Gasteiger partial charge in [-0.2, -0.15) is 0 Å². The van der Waals surface area contributed by atoms with Crippen LogP contribution in [-0.4, -0.2) is 87.5 Å². The molecular formula is C59H109NO8. The van der Waals surface area contributed by atoms with Crippen molar-refractivity contribution < 1.29 is 39.8 Å². The van der Waals surface area contributed by atoms with E-state index in [0.717, 1.165) is 51.4 Å². The molecule has 0 bridgehead atoms. The molecule has 0 saturated carbocycles. The highest BCUT2D eigenvalue weighted by Gasteiger charge is 2.44. The minimum absolute atomic E-state index is 0.190. The molecule has 0 aromatic heterocycles. The first-order valence-electron chi connectivity index (χ1n) is 28.9. The molecule has 6 N–H and O–H groups in total. The molecule has 1 saturated heterocycles. The van der Waals surface area contributed by atoms with Crippen LogP contribution in [-0.2, 0) is 14.3 Å². The monoisotopic (exact) mass is 960 g/mol. The first kappa shape index (κ1) is 64.2. The van der Waals surface area contributed by atoms with E-state index in [1.165, 1.54) is 193 Å². The van der Waals surface area contributed by atoms with Crippen LogP contribution in [0.4, 0.5) is 0 Å². The van der Waals surface area contributed by atoms with Gasteiger partial charge in [0.25, 0.3) is 0 Å². The van der Waals surface area contributed by atoms with Crippen molar-refractivity contribution in [3.05, 3.63) is 48.6 Å². The Bertz CT molecular complexity index is 1210. The second-order valence-corrected chi connectivity index (χ2v) is 20.1. The summed E-state index contributed by atoms with van der Waals surface area (Å²) in [6.07, 6.45) is 57.5. The smallest absolute Gasteiger partial charge is 0.220 e. The van der Waals surface area contributed by atoms with Crippen molar-refractivity contribution in [3.8, 4) is 0 Å². The van der Waals surface area contributed by atoms with E-state index in [1.807, 2.05) is 6.08 Å². The van der Waals surface area contributed by atoms with E-state index in [9.17, 15) is 30.3 Å². The predicted molar refractivity (Wildman–Crippen MR) is 286 cm³/mol. The van der Waals surface area contributed by atoms with E-state index in [-0.39, 0.29) is 12.5 Å². The Balaban J connectivity index is 2.22. The summed E-state index contributed by atoms with van der Waals surface area (Å²) in [6, 6.07) is -0.829. The largest absolute Gasteiger partial charge is 0.394 e. The fourth-order valence-electron chi connectivity index (χ4n) is 9.01. The maximum atomic E-state index is 13.0. The van der Waals surface area contributed by atoms with Crippen molar-refractivity contribution in [2.45, 2.75) is 307 Å². The molecule has 9 heteroatoms. The number of aliphatic hydroxyl groups excluding tert-OH is 5. The summed E-state index contributed by atoms with van der Waals surface area (Å²) in [5, 5.41) is 54.4. The van der Waals surface area contributed by atoms with Crippen LogP contribution in [0.3, 0.4) is 0 Å². The average molecular weight is 961 g/mol. The van der Waals surface area contributed by atoms with Crippen LogP contribution in [0.1, 0.15) is 264 Å². The molecule has 0 radical (unpaired) electrons. The van der Waals surface area contributed by atoms with Crippen molar-refractivity contribution in [1.82, 2.24) is 5.32 Å². The number of allylic oxidation sites excluding steroid dienone is 7. The minimum atomic E-state index is -1.58. The van der Waals surface area contributed by atoms with Gasteiger partial charge in [0.05, 0.1) is 25.4 Å². The molecule has 7 atom stereocenters. The highest BCUT2D eigenvalue weighted by molar-refractivity contribution is 5.76. The standard InChI is InChI=1S/C59H109NO8/c1-3-5-7-9-11-13-15-17-19-21-22-23-24-25-26-27-28-29-30-31-33-35-37-39-41-43-45-47-49-55(63)60-52(51-67-59-58(66)57(65)56(64)54(50-61)68-59)53(62)48-46-44-42-40-38-36-34-32-20-18-16-14-12-10-8-6-4-2/h20,25-26,32,38,40,46,48,52-54,56-59,61-62,64-66H,3-19,21-24,27-31,33-37,39,41-45,47,49-51H2,1-2H3,(H,60,63)/b26-25-,32-20+,40-38+,48-46+. The van der Waals surface area contributed by atoms with Crippen LogP contribution in [0, 0.1) is 0 Å². The van der Waals surface area contributed by atoms with Gasteiger partial charge in [-0.3, -0.25) is 4.79 Å². The van der Waals surface area contributed by atoms with Gasteiger partial charge in [-0.25, -0.2) is 0 Å². The zero-order chi connectivity index (χ0) is 49.4. The van der Waals surface area contributed by atoms with E-state index < -0.39 is 49.5 Å². The summed E-state index contributed by atoms with van der Waals surface area (Å²) >= 11 is 0. The first-order valence-corrected chi connectivity index (χ1v) is 28.9. The number of aliphatic hydroxyl groups is 5. The Morgan fingerprint density at radius 3 is 1.24 bits per heavy atom. The topological polar surface area (TPSA) is 149 Å². The molecule has 0 aromatic carbocycles. The zero-order valence-corrected chi connectivity index (χ0v) is 44.1. The number of carbonyl (C=O) groups is 1. The third kappa shape index (κ3) is 37.9. The van der Waals surface area contributed by atoms with Gasteiger partial charge in [0.1, 0.15) is 24.4 Å². The molecule has 68 heavy (non-hydrogen) atoms. The SMILES string of the molecule is CCCCCCCCC/C=C/CC/C=C/CC/C=C/C(O)C(COC1OC(CO)C(O)C(O)C1O)NC(=O)CCCCCCCCCCCCCC/C=C\CCCCCCCCCCCCCC. The fraction of sp³-hybridized carbons (Fsp3) is 0.847. The summed E-state index contributed by atoms with van der Waals surface area (Å²) in [7, 11) is 0. The third-order valence-electron chi connectivity index (χ3n) is 13.6. The molecule has 1 aliphatic heterocycles. The van der Waals surface area contributed by atoms with Crippen LogP contribution in [0.25, 0.3) is 0 Å². The van der Waals surface area contributed by atoms with Crippen LogP contribution in [0.2, 0.25) is 0 Å². The first-order chi connectivity index (χ1) is 33.3. The number of carbonyl (C=O) groups excluding carboxylic acids is 1. The average Bonchev–Trinajstić information content (AvgIpc) is 3.34. The maximum Gasteiger partial charge on any atom is 0.220 e. The van der Waals surface area contributed by atoms with Crippen LogP contribution in [0.5, 0.6) is 0 Å². The minimum Gasteiger partial charge on any atom is -0.394 e. The van der Waals surface area contributed by atoms with Crippen LogP contribution >= 0.6 is 0 Å². The second kappa shape index (κ2) is 48.8. The molecule has 1 aliphatic rings. The van der Waals surface area contributed by atoms with Crippen molar-refractivity contribution in [3.63, 3.8) is 0 Å². The Morgan fingerprint density at radius 2 is 0.838 bits per heavy atom. The Hall–Kier alpha value is -1.85. The molecule has 1 heterocycles. The predicted octanol–water partition coefficient (Wildman–Crippen LogP) is 14.1. The summed E-state index contributed by atoms with van der Waals surface area (Å²) < 4.78 is 11.2. The van der Waals surface area contributed by atoms with Gasteiger partial charge >= 0.3 is 0 Å². The lowest BCUT2D eigenvalue weighted by Crippen LogP contribution is -2.60. The highest BCUT2D eigenvalue weighted by Crippen LogP contribution is 2.23. The molecule has 1 rings (SSSR count). The molecule has 0 aromatic rings. The summed E-state index contributed by atoms with van der Waals surface area (Å²) in [6.45, 7) is 3.77. The van der Waals surface area contributed by atoms with E-state index in [1.54, 1.807) is 6.08 Å². The van der Waals surface area contributed by atoms with Crippen molar-refractivity contribution >= 4 is 5.91 Å². The normalized spacial score (nSPS) is 19.9. The van der Waals surface area contributed by atoms with E-state index in [0.29, 0.717) is 6.42 Å². The van der Waals surface area contributed by atoms with E-state index in [4.69, 9.17) is 9.47 Å². The van der Waals surface area contributed by atoms with Gasteiger partial charge in [0.15, 0.2) is 6.29 Å². The molecule has 1 fully saturated rings. The summed E-state index contributed by atoms with van der Waals surface area (Å²) in [5.41, 5.74) is 0. The van der Waals surface area contributed by atoms with E-state index >= 15 is 0 Å². The third-order valence-corrected chi connectivity index (χ3v) is 13.6. The van der Waals surface area contributed by atoms with Gasteiger partial charge < -0.3 is 40.3 Å². The molecule has 0 aliphatic carbocycles. The van der Waals surface area contributed by atoms with Gasteiger partial charge in [-0.05, 0) is 70.6 Å². The van der Waals surface area contributed by atoms with Crippen molar-refractivity contribution in [2.24, 2.45) is 0 Å². The van der Waals surface area contributed by atoms with Gasteiger partial charge in [0.2, 0.25) is 5.91 Å². The highest BCUT2D eigenvalue weighted by atomic mass is 16.7. The van der Waals surface area contributed by atoms with Crippen molar-refractivity contribution in [2.75, 3.05) is 13.2 Å². The molecule has 398 valence electrons. The number of ether oxygens (including phenoxy) is 2. The summed E-state index contributed by atoms with van der Waals surface area (Å²) in [4.78, 5) is 13.0. The number of rotatable bonds is 49. The number of unbranched alkanes of at least 4 members (excludes halogenated alkanes) is 33. The van der Waals surface area contributed by atoms with E-state index in [2.05, 4.69) is 55.6 Å². The molecular weight excluding hydrogens is 851 g/mol. The number of hydrogen-bond acceptors (Lipinski definition) is 8. The summed E-state index contributed by atoms with van der Waals surface area (Å²) in [5.74, 6) is -0.190. The number of amides is 1. The number of hydrogen-bond donors (Lipinski definition) is 6. The van der Waals surface area contributed by atoms with Crippen LogP contribution < -0.4 is 5.32 Å². The lowest BCUT2D eigenvalue weighted by Gasteiger charge is -2.40.